The molecule has 0 fully saturated rings. The van der Waals surface area contributed by atoms with E-state index >= 15 is 0 Å². The first-order valence-corrected chi connectivity index (χ1v) is 5.17. The van der Waals surface area contributed by atoms with E-state index in [1.54, 1.807) is 13.0 Å². The van der Waals surface area contributed by atoms with Crippen molar-refractivity contribution in [1.82, 2.24) is 0 Å². The number of benzene rings is 1. The highest BCUT2D eigenvalue weighted by Gasteiger charge is 2.07. The van der Waals surface area contributed by atoms with Gasteiger partial charge in [-0.15, -0.1) is 0 Å². The molecule has 2 aromatic rings. The van der Waals surface area contributed by atoms with Gasteiger partial charge in [0.25, 0.3) is 0 Å². The minimum absolute atomic E-state index is 0.180. The fourth-order valence-corrected chi connectivity index (χ4v) is 1.71. The molecule has 0 spiro atoms. The van der Waals surface area contributed by atoms with Gasteiger partial charge in [-0.05, 0) is 36.9 Å². The zero-order valence-electron chi connectivity index (χ0n) is 7.43. The van der Waals surface area contributed by atoms with Crippen LogP contribution in [0.5, 0.6) is 0 Å². The molecule has 0 amide bonds. The SMILES string of the molecule is CSc1cc2c(C)c(F)ccc2o1. The van der Waals surface area contributed by atoms with Crippen LogP contribution in [0.3, 0.4) is 0 Å². The van der Waals surface area contributed by atoms with E-state index in [0.29, 0.717) is 5.56 Å². The first-order chi connectivity index (χ1) is 6.22. The van der Waals surface area contributed by atoms with Crippen molar-refractivity contribution in [3.8, 4) is 0 Å². The summed E-state index contributed by atoms with van der Waals surface area (Å²) in [5, 5.41) is 1.69. The summed E-state index contributed by atoms with van der Waals surface area (Å²) in [5.74, 6) is -0.180. The second-order valence-electron chi connectivity index (χ2n) is 2.85. The maximum absolute atomic E-state index is 13.1. The van der Waals surface area contributed by atoms with Gasteiger partial charge >= 0.3 is 0 Å². The molecule has 0 atom stereocenters. The molecule has 0 saturated heterocycles. The Morgan fingerprint density at radius 1 is 1.38 bits per heavy atom. The molecule has 0 N–H and O–H groups in total. The van der Waals surface area contributed by atoms with Crippen LogP contribution in [0.25, 0.3) is 11.0 Å². The summed E-state index contributed by atoms with van der Waals surface area (Å²) in [4.78, 5) is 0. The molecule has 0 saturated carbocycles. The number of furan rings is 1. The predicted molar refractivity (Wildman–Crippen MR) is 52.7 cm³/mol. The van der Waals surface area contributed by atoms with Crippen molar-refractivity contribution in [3.63, 3.8) is 0 Å². The molecule has 68 valence electrons. The van der Waals surface area contributed by atoms with Gasteiger partial charge in [0.05, 0.1) is 0 Å². The van der Waals surface area contributed by atoms with Crippen LogP contribution >= 0.6 is 11.8 Å². The van der Waals surface area contributed by atoms with E-state index in [1.165, 1.54) is 17.8 Å². The van der Waals surface area contributed by atoms with Crippen molar-refractivity contribution >= 4 is 22.7 Å². The molecule has 0 radical (unpaired) electrons. The van der Waals surface area contributed by atoms with E-state index in [9.17, 15) is 4.39 Å². The van der Waals surface area contributed by atoms with Crippen LogP contribution in [0, 0.1) is 12.7 Å². The van der Waals surface area contributed by atoms with Crippen molar-refractivity contribution in [3.05, 3.63) is 29.6 Å². The van der Waals surface area contributed by atoms with E-state index in [0.717, 1.165) is 16.1 Å². The van der Waals surface area contributed by atoms with E-state index in [1.807, 2.05) is 12.3 Å². The van der Waals surface area contributed by atoms with Gasteiger partial charge in [0.1, 0.15) is 11.4 Å². The number of aryl methyl sites for hydroxylation is 1. The zero-order chi connectivity index (χ0) is 9.42. The van der Waals surface area contributed by atoms with E-state index < -0.39 is 0 Å². The lowest BCUT2D eigenvalue weighted by Crippen LogP contribution is -1.80. The minimum atomic E-state index is -0.180. The van der Waals surface area contributed by atoms with Crippen molar-refractivity contribution in [1.29, 1.82) is 0 Å². The summed E-state index contributed by atoms with van der Waals surface area (Å²) in [6.45, 7) is 1.76. The maximum Gasteiger partial charge on any atom is 0.161 e. The summed E-state index contributed by atoms with van der Waals surface area (Å²) < 4.78 is 18.6. The number of fused-ring (bicyclic) bond motifs is 1. The Kier molecular flexibility index (Phi) is 2.04. The van der Waals surface area contributed by atoms with Crippen LogP contribution in [0.1, 0.15) is 5.56 Å². The molecule has 1 aromatic heterocycles. The van der Waals surface area contributed by atoms with Gasteiger partial charge in [-0.2, -0.15) is 0 Å². The molecule has 1 nitrogen and oxygen atoms in total. The molecule has 1 heterocycles. The van der Waals surface area contributed by atoms with Crippen molar-refractivity contribution in [2.45, 2.75) is 12.0 Å². The lowest BCUT2D eigenvalue weighted by atomic mass is 10.1. The Balaban J connectivity index is 2.76. The van der Waals surface area contributed by atoms with Gasteiger partial charge in [-0.25, -0.2) is 4.39 Å². The topological polar surface area (TPSA) is 13.1 Å². The number of hydrogen-bond donors (Lipinski definition) is 0. The number of halogens is 1. The van der Waals surface area contributed by atoms with Crippen molar-refractivity contribution in [2.24, 2.45) is 0 Å². The Labute approximate surface area is 79.9 Å². The molecular weight excluding hydrogens is 187 g/mol. The third kappa shape index (κ3) is 1.33. The first kappa shape index (κ1) is 8.63. The van der Waals surface area contributed by atoms with Gasteiger partial charge < -0.3 is 4.42 Å². The highest BCUT2D eigenvalue weighted by molar-refractivity contribution is 7.98. The maximum atomic E-state index is 13.1. The summed E-state index contributed by atoms with van der Waals surface area (Å²) in [6.07, 6.45) is 1.93. The first-order valence-electron chi connectivity index (χ1n) is 3.95. The van der Waals surface area contributed by atoms with E-state index in [-0.39, 0.29) is 5.82 Å². The lowest BCUT2D eigenvalue weighted by molar-refractivity contribution is 0.515. The standard InChI is InChI=1S/C10H9FOS/c1-6-7-5-10(13-2)12-9(7)4-3-8(6)11/h3-5H,1-2H3. The Bertz CT molecular complexity index is 447. The van der Waals surface area contributed by atoms with Crippen LogP contribution in [-0.4, -0.2) is 6.26 Å². The molecule has 0 aliphatic carbocycles. The third-order valence-corrected chi connectivity index (χ3v) is 2.69. The van der Waals surface area contributed by atoms with Crippen LogP contribution in [0.4, 0.5) is 4.39 Å². The number of hydrogen-bond acceptors (Lipinski definition) is 2. The second kappa shape index (κ2) is 3.07. The molecular formula is C10H9FOS. The average Bonchev–Trinajstić information content (AvgIpc) is 2.55. The van der Waals surface area contributed by atoms with Gasteiger partial charge in [-0.1, -0.05) is 11.8 Å². The summed E-state index contributed by atoms with van der Waals surface area (Å²) >= 11 is 1.52. The van der Waals surface area contributed by atoms with Gasteiger partial charge in [0, 0.05) is 5.39 Å². The molecule has 0 aliphatic heterocycles. The Hall–Kier alpha value is -0.960. The molecule has 13 heavy (non-hydrogen) atoms. The van der Waals surface area contributed by atoms with E-state index in [4.69, 9.17) is 4.42 Å². The monoisotopic (exact) mass is 196 g/mol. The molecule has 0 unspecified atom stereocenters. The highest BCUT2D eigenvalue weighted by Crippen LogP contribution is 2.28. The van der Waals surface area contributed by atoms with Crippen LogP contribution in [0.15, 0.2) is 27.7 Å². The molecule has 0 aliphatic rings. The second-order valence-corrected chi connectivity index (χ2v) is 3.66. The molecule has 3 heteroatoms. The van der Waals surface area contributed by atoms with Crippen molar-refractivity contribution in [2.75, 3.05) is 6.26 Å². The lowest BCUT2D eigenvalue weighted by Gasteiger charge is -1.94. The third-order valence-electron chi connectivity index (χ3n) is 2.08. The van der Waals surface area contributed by atoms with Crippen LogP contribution in [-0.2, 0) is 0 Å². The zero-order valence-corrected chi connectivity index (χ0v) is 8.24. The quantitative estimate of drug-likeness (QED) is 0.646. The van der Waals surface area contributed by atoms with Crippen LogP contribution < -0.4 is 0 Å². The summed E-state index contributed by atoms with van der Waals surface area (Å²) in [6, 6.07) is 4.97. The highest BCUT2D eigenvalue weighted by atomic mass is 32.2. The summed E-state index contributed by atoms with van der Waals surface area (Å²) in [7, 11) is 0. The number of thioether (sulfide) groups is 1. The fourth-order valence-electron chi connectivity index (χ4n) is 1.30. The Morgan fingerprint density at radius 3 is 2.85 bits per heavy atom. The fraction of sp³-hybridized carbons (Fsp3) is 0.200. The predicted octanol–water partition coefficient (Wildman–Crippen LogP) is 3.60. The van der Waals surface area contributed by atoms with Gasteiger partial charge in [-0.3, -0.25) is 0 Å². The van der Waals surface area contributed by atoms with Crippen LogP contribution in [0.2, 0.25) is 0 Å². The normalized spacial score (nSPS) is 11.0. The summed E-state index contributed by atoms with van der Waals surface area (Å²) in [5.41, 5.74) is 1.41. The number of rotatable bonds is 1. The van der Waals surface area contributed by atoms with Gasteiger partial charge in [0.15, 0.2) is 5.09 Å². The van der Waals surface area contributed by atoms with Gasteiger partial charge in [0.2, 0.25) is 0 Å². The average molecular weight is 196 g/mol. The van der Waals surface area contributed by atoms with E-state index in [2.05, 4.69) is 0 Å². The van der Waals surface area contributed by atoms with Crippen molar-refractivity contribution < 1.29 is 8.81 Å². The minimum Gasteiger partial charge on any atom is -0.450 e. The largest absolute Gasteiger partial charge is 0.450 e. The molecule has 1 aromatic carbocycles. The smallest absolute Gasteiger partial charge is 0.161 e. The molecule has 0 bridgehead atoms. The molecule has 2 rings (SSSR count). The Morgan fingerprint density at radius 2 is 2.15 bits per heavy atom.